The van der Waals surface area contributed by atoms with Crippen LogP contribution in [0.2, 0.25) is 0 Å². The molecule has 2 aromatic rings. The zero-order chi connectivity index (χ0) is 16.3. The van der Waals surface area contributed by atoms with Gasteiger partial charge in [0.1, 0.15) is 5.75 Å². The van der Waals surface area contributed by atoms with Crippen molar-refractivity contribution in [2.45, 2.75) is 12.8 Å². The molecule has 2 rings (SSSR count). The lowest BCUT2D eigenvalue weighted by molar-refractivity contribution is -0.274. The lowest BCUT2D eigenvalue weighted by Gasteiger charge is -2.11. The van der Waals surface area contributed by atoms with Crippen LogP contribution in [0.4, 0.5) is 17.6 Å². The Morgan fingerprint density at radius 1 is 1.23 bits per heavy atom. The van der Waals surface area contributed by atoms with Gasteiger partial charge in [0.25, 0.3) is 0 Å². The molecule has 22 heavy (non-hydrogen) atoms. The summed E-state index contributed by atoms with van der Waals surface area (Å²) in [6, 6.07) is 7.19. The normalized spacial score (nSPS) is 11.3. The number of aromatic nitrogens is 1. The third kappa shape index (κ3) is 4.18. The molecular formula is C14H9F4NO3. The second-order valence-corrected chi connectivity index (χ2v) is 4.27. The molecule has 1 aromatic carbocycles. The van der Waals surface area contributed by atoms with Gasteiger partial charge in [-0.2, -0.15) is 4.39 Å². The molecule has 0 saturated heterocycles. The van der Waals surface area contributed by atoms with Crippen LogP contribution in [0, 0.1) is 5.95 Å². The van der Waals surface area contributed by atoms with E-state index >= 15 is 0 Å². The Kier molecular flexibility index (Phi) is 4.30. The summed E-state index contributed by atoms with van der Waals surface area (Å²) in [6.07, 6.45) is -5.40. The first kappa shape index (κ1) is 15.7. The maximum Gasteiger partial charge on any atom is 0.573 e. The highest BCUT2D eigenvalue weighted by Crippen LogP contribution is 2.29. The predicted octanol–water partition coefficient (Wildman–Crippen LogP) is 3.41. The average Bonchev–Trinajstić information content (AvgIpc) is 2.36. The number of ether oxygens (including phenoxy) is 1. The van der Waals surface area contributed by atoms with Crippen LogP contribution in [0.15, 0.2) is 36.4 Å². The molecule has 0 aliphatic heterocycles. The monoisotopic (exact) mass is 315 g/mol. The zero-order valence-corrected chi connectivity index (χ0v) is 10.9. The summed E-state index contributed by atoms with van der Waals surface area (Å²) >= 11 is 0. The fourth-order valence-electron chi connectivity index (χ4n) is 1.88. The highest BCUT2D eigenvalue weighted by atomic mass is 19.4. The van der Waals surface area contributed by atoms with E-state index in [1.54, 1.807) is 0 Å². The molecule has 8 heteroatoms. The number of alkyl halides is 3. The van der Waals surface area contributed by atoms with Gasteiger partial charge in [0.05, 0.1) is 12.1 Å². The summed E-state index contributed by atoms with van der Waals surface area (Å²) < 4.78 is 53.6. The molecule has 0 aliphatic rings. The number of benzene rings is 1. The lowest BCUT2D eigenvalue weighted by Crippen LogP contribution is -2.17. The minimum absolute atomic E-state index is 0.0864. The summed E-state index contributed by atoms with van der Waals surface area (Å²) in [5.74, 6) is -2.57. The fraction of sp³-hybridized carbons (Fsp3) is 0.143. The molecule has 0 unspecified atom stereocenters. The number of carboxylic acid groups (broad SMARTS) is 1. The highest BCUT2D eigenvalue weighted by molar-refractivity contribution is 5.75. The van der Waals surface area contributed by atoms with Crippen molar-refractivity contribution in [1.82, 2.24) is 4.98 Å². The number of hydrogen-bond acceptors (Lipinski definition) is 3. The number of carboxylic acids is 1. The maximum absolute atomic E-state index is 13.1. The lowest BCUT2D eigenvalue weighted by atomic mass is 10.0. The molecule has 0 saturated carbocycles. The molecule has 0 amide bonds. The molecule has 1 aromatic heterocycles. The molecule has 0 atom stereocenters. The van der Waals surface area contributed by atoms with Crippen LogP contribution in [0.25, 0.3) is 11.1 Å². The highest BCUT2D eigenvalue weighted by Gasteiger charge is 2.31. The van der Waals surface area contributed by atoms with E-state index in [-0.39, 0.29) is 16.8 Å². The van der Waals surface area contributed by atoms with Crippen LogP contribution < -0.4 is 4.74 Å². The van der Waals surface area contributed by atoms with Crippen molar-refractivity contribution in [3.63, 3.8) is 0 Å². The van der Waals surface area contributed by atoms with Gasteiger partial charge in [0.2, 0.25) is 5.95 Å². The van der Waals surface area contributed by atoms with E-state index in [1.807, 2.05) is 0 Å². The third-order valence-corrected chi connectivity index (χ3v) is 2.64. The van der Waals surface area contributed by atoms with Gasteiger partial charge in [0.15, 0.2) is 0 Å². The molecule has 0 spiro atoms. The van der Waals surface area contributed by atoms with Gasteiger partial charge in [-0.15, -0.1) is 13.2 Å². The van der Waals surface area contributed by atoms with E-state index in [0.29, 0.717) is 0 Å². The van der Waals surface area contributed by atoms with Crippen LogP contribution in [0.3, 0.4) is 0 Å². The molecule has 4 nitrogen and oxygen atoms in total. The molecule has 0 aliphatic carbocycles. The van der Waals surface area contributed by atoms with E-state index < -0.39 is 30.4 Å². The molecule has 0 bridgehead atoms. The fourth-order valence-corrected chi connectivity index (χ4v) is 1.88. The number of nitrogens with zero attached hydrogens (tertiary/aromatic N) is 1. The summed E-state index contributed by atoms with van der Waals surface area (Å²) in [5, 5.41) is 8.80. The summed E-state index contributed by atoms with van der Waals surface area (Å²) in [5.41, 5.74) is 0.374. The van der Waals surface area contributed by atoms with Crippen molar-refractivity contribution in [2.75, 3.05) is 0 Å². The van der Waals surface area contributed by atoms with Crippen LogP contribution in [-0.4, -0.2) is 22.4 Å². The van der Waals surface area contributed by atoms with Crippen LogP contribution in [0.5, 0.6) is 5.75 Å². The topological polar surface area (TPSA) is 59.4 Å². The van der Waals surface area contributed by atoms with Crippen molar-refractivity contribution >= 4 is 5.97 Å². The van der Waals surface area contributed by atoms with Gasteiger partial charge < -0.3 is 9.84 Å². The first-order chi connectivity index (χ1) is 10.2. The largest absolute Gasteiger partial charge is 0.573 e. The summed E-state index contributed by atoms with van der Waals surface area (Å²) in [4.78, 5) is 14.3. The Labute approximate surface area is 122 Å². The standard InChI is InChI=1S/C14H9F4NO3/c15-12-5-4-10(11(19-12)7-13(20)21)8-2-1-3-9(6-8)22-14(16,17)18/h1-6H,7H2,(H,20,21). The Balaban J connectivity index is 2.43. The van der Waals surface area contributed by atoms with Gasteiger partial charge >= 0.3 is 12.3 Å². The number of pyridine rings is 1. The summed E-state index contributed by atoms with van der Waals surface area (Å²) in [6.45, 7) is 0. The molecule has 0 fully saturated rings. The van der Waals surface area contributed by atoms with E-state index in [0.717, 1.165) is 18.2 Å². The Morgan fingerprint density at radius 3 is 2.59 bits per heavy atom. The van der Waals surface area contributed by atoms with Gasteiger partial charge in [-0.1, -0.05) is 12.1 Å². The Hall–Kier alpha value is -2.64. The third-order valence-electron chi connectivity index (χ3n) is 2.64. The SMILES string of the molecule is O=C(O)Cc1nc(F)ccc1-c1cccc(OC(F)(F)F)c1. The van der Waals surface area contributed by atoms with Gasteiger partial charge in [-0.05, 0) is 29.8 Å². The van der Waals surface area contributed by atoms with Crippen molar-refractivity contribution in [2.24, 2.45) is 0 Å². The van der Waals surface area contributed by atoms with Crippen LogP contribution in [-0.2, 0) is 11.2 Å². The number of carbonyl (C=O) groups is 1. The minimum atomic E-state index is -4.84. The van der Waals surface area contributed by atoms with E-state index in [1.165, 1.54) is 18.2 Å². The van der Waals surface area contributed by atoms with Crippen molar-refractivity contribution in [3.05, 3.63) is 48.0 Å². The second-order valence-electron chi connectivity index (χ2n) is 4.27. The van der Waals surface area contributed by atoms with Gasteiger partial charge in [-0.3, -0.25) is 4.79 Å². The quantitative estimate of drug-likeness (QED) is 0.694. The molecule has 1 N–H and O–H groups in total. The van der Waals surface area contributed by atoms with Gasteiger partial charge in [-0.25, -0.2) is 4.98 Å². The molecule has 0 radical (unpaired) electrons. The average molecular weight is 315 g/mol. The minimum Gasteiger partial charge on any atom is -0.481 e. The van der Waals surface area contributed by atoms with Crippen molar-refractivity contribution in [1.29, 1.82) is 0 Å². The predicted molar refractivity (Wildman–Crippen MR) is 67.7 cm³/mol. The molecule has 1 heterocycles. The molecular weight excluding hydrogens is 306 g/mol. The van der Waals surface area contributed by atoms with E-state index in [2.05, 4.69) is 9.72 Å². The Bertz CT molecular complexity index is 701. The smallest absolute Gasteiger partial charge is 0.481 e. The number of rotatable bonds is 4. The summed E-state index contributed by atoms with van der Waals surface area (Å²) in [7, 11) is 0. The zero-order valence-electron chi connectivity index (χ0n) is 10.9. The molecule has 116 valence electrons. The first-order valence-corrected chi connectivity index (χ1v) is 5.98. The maximum atomic E-state index is 13.1. The second kappa shape index (κ2) is 6.00. The first-order valence-electron chi connectivity index (χ1n) is 5.98. The van der Waals surface area contributed by atoms with E-state index in [9.17, 15) is 22.4 Å². The number of halogens is 4. The Morgan fingerprint density at radius 2 is 1.95 bits per heavy atom. The van der Waals surface area contributed by atoms with Crippen molar-refractivity contribution < 1.29 is 32.2 Å². The van der Waals surface area contributed by atoms with Crippen LogP contribution in [0.1, 0.15) is 5.69 Å². The number of hydrogen-bond donors (Lipinski definition) is 1. The number of aliphatic carboxylic acids is 1. The van der Waals surface area contributed by atoms with Crippen molar-refractivity contribution in [3.8, 4) is 16.9 Å². The van der Waals surface area contributed by atoms with E-state index in [4.69, 9.17) is 5.11 Å². The van der Waals surface area contributed by atoms with Gasteiger partial charge in [0, 0.05) is 5.56 Å². The van der Waals surface area contributed by atoms with Crippen LogP contribution >= 0.6 is 0 Å².